The van der Waals surface area contributed by atoms with E-state index in [9.17, 15) is 0 Å². The Hall–Kier alpha value is -3.16. The van der Waals surface area contributed by atoms with Crippen molar-refractivity contribution in [2.45, 2.75) is 57.8 Å². The lowest BCUT2D eigenvalue weighted by molar-refractivity contribution is 0.586. The predicted octanol–water partition coefficient (Wildman–Crippen LogP) is 10.5. The Morgan fingerprint density at radius 2 is 1.03 bits per heavy atom. The Morgan fingerprint density at radius 3 is 1.63 bits per heavy atom. The molecule has 0 amide bonds. The molecule has 0 nitrogen and oxygen atoms in total. The van der Waals surface area contributed by atoms with Crippen molar-refractivity contribution in [1.29, 1.82) is 0 Å². The first kappa shape index (κ1) is 23.9. The molecule has 0 bridgehead atoms. The van der Waals surface area contributed by atoms with Gasteiger partial charge in [-0.15, -0.1) is 0 Å². The molecule has 5 aromatic carbocycles. The summed E-state index contributed by atoms with van der Waals surface area (Å²) in [6.45, 7) is 13.9. The molecular weight excluding hydrogens is 524 g/mol. The van der Waals surface area contributed by atoms with Crippen LogP contribution in [0.2, 0.25) is 0 Å². The summed E-state index contributed by atoms with van der Waals surface area (Å²) in [6.07, 6.45) is 0. The van der Waals surface area contributed by atoms with E-state index in [-0.39, 0.29) is 16.2 Å². The van der Waals surface area contributed by atoms with Crippen LogP contribution in [0, 0.1) is 0 Å². The van der Waals surface area contributed by atoms with Crippen molar-refractivity contribution < 1.29 is 0 Å². The topological polar surface area (TPSA) is 0 Å². The molecule has 0 aromatic heterocycles. The van der Waals surface area contributed by atoms with Gasteiger partial charge in [-0.2, -0.15) is 0 Å². The molecule has 0 unspecified atom stereocenters. The maximum atomic E-state index is 3.89. The molecule has 0 aliphatic heterocycles. The summed E-state index contributed by atoms with van der Waals surface area (Å²) in [6, 6.07) is 35.1. The van der Waals surface area contributed by atoms with Crippen molar-refractivity contribution in [1.82, 2.24) is 0 Å². The van der Waals surface area contributed by atoms with Crippen LogP contribution in [0.5, 0.6) is 0 Å². The van der Waals surface area contributed by atoms with Gasteiger partial charge >= 0.3 is 0 Å². The molecule has 0 radical (unpaired) electrons. The number of hydrogen-bond donors (Lipinski definition) is 0. The van der Waals surface area contributed by atoms with Crippen LogP contribution in [-0.2, 0) is 16.2 Å². The van der Waals surface area contributed by atoms with Crippen LogP contribution in [0.4, 0.5) is 0 Å². The molecule has 1 heteroatoms. The van der Waals surface area contributed by atoms with Crippen molar-refractivity contribution in [3.8, 4) is 22.3 Å². The van der Waals surface area contributed by atoms with Crippen LogP contribution in [0.15, 0.2) is 95.5 Å². The minimum absolute atomic E-state index is 0.0582. The average Bonchev–Trinajstić information content (AvgIpc) is 3.17. The maximum Gasteiger partial charge on any atom is 0.0725 e. The van der Waals surface area contributed by atoms with Gasteiger partial charge in [0.25, 0.3) is 0 Å². The van der Waals surface area contributed by atoms with E-state index in [4.69, 9.17) is 0 Å². The highest BCUT2D eigenvalue weighted by atomic mass is 79.9. The highest BCUT2D eigenvalue weighted by Crippen LogP contribution is 2.62. The number of halogens is 1. The first-order valence-corrected chi connectivity index (χ1v) is 14.4. The van der Waals surface area contributed by atoms with Crippen LogP contribution in [-0.4, -0.2) is 0 Å². The SMILES string of the molecule is CC(C)(C)c1ccc2c(c1)C1(c3cc(C(C)(C)C)ccc3-2)c2ccccc2-c2ccc(Br)c3cccc1c23. The van der Waals surface area contributed by atoms with E-state index in [1.807, 2.05) is 0 Å². The van der Waals surface area contributed by atoms with Crippen molar-refractivity contribution in [2.24, 2.45) is 0 Å². The van der Waals surface area contributed by atoms with Crippen molar-refractivity contribution in [2.75, 3.05) is 0 Å². The lowest BCUT2D eigenvalue weighted by Gasteiger charge is -2.41. The van der Waals surface area contributed by atoms with Crippen LogP contribution in [0.3, 0.4) is 0 Å². The first-order valence-electron chi connectivity index (χ1n) is 13.6. The Labute approximate surface area is 234 Å². The Balaban J connectivity index is 1.74. The van der Waals surface area contributed by atoms with Crippen molar-refractivity contribution >= 4 is 26.7 Å². The third-order valence-electron chi connectivity index (χ3n) is 8.88. The van der Waals surface area contributed by atoms with Gasteiger partial charge in [0.1, 0.15) is 0 Å². The molecule has 5 aromatic rings. The molecule has 0 fully saturated rings. The zero-order chi connectivity index (χ0) is 26.6. The second kappa shape index (κ2) is 7.70. The predicted molar refractivity (Wildman–Crippen MR) is 165 cm³/mol. The zero-order valence-corrected chi connectivity index (χ0v) is 24.6. The summed E-state index contributed by atoms with van der Waals surface area (Å²) >= 11 is 3.89. The Bertz CT molecular complexity index is 1730. The van der Waals surface area contributed by atoms with Gasteiger partial charge in [-0.25, -0.2) is 0 Å². The van der Waals surface area contributed by atoms with Crippen LogP contribution < -0.4 is 0 Å². The van der Waals surface area contributed by atoms with Gasteiger partial charge in [0.05, 0.1) is 5.41 Å². The highest BCUT2D eigenvalue weighted by Gasteiger charge is 2.50. The van der Waals surface area contributed by atoms with E-state index in [2.05, 4.69) is 148 Å². The summed E-state index contributed by atoms with van der Waals surface area (Å²) in [5.74, 6) is 0. The lowest BCUT2D eigenvalue weighted by atomic mass is 9.61. The van der Waals surface area contributed by atoms with Crippen LogP contribution in [0.1, 0.15) is 74.9 Å². The number of hydrogen-bond acceptors (Lipinski definition) is 0. The summed E-state index contributed by atoms with van der Waals surface area (Å²) in [5, 5.41) is 2.64. The van der Waals surface area contributed by atoms with E-state index in [0.29, 0.717) is 0 Å². The lowest BCUT2D eigenvalue weighted by Crippen LogP contribution is -2.32. The van der Waals surface area contributed by atoms with E-state index in [1.54, 1.807) is 0 Å². The Morgan fingerprint density at radius 1 is 0.500 bits per heavy atom. The monoisotopic (exact) mass is 556 g/mol. The maximum absolute atomic E-state index is 3.89. The minimum Gasteiger partial charge on any atom is -0.0619 e. The van der Waals surface area contributed by atoms with Gasteiger partial charge in [0.2, 0.25) is 0 Å². The molecule has 188 valence electrons. The van der Waals surface area contributed by atoms with Gasteiger partial charge in [0.15, 0.2) is 0 Å². The fourth-order valence-electron chi connectivity index (χ4n) is 6.94. The van der Waals surface area contributed by atoms with Crippen molar-refractivity contribution in [3.05, 3.63) is 129 Å². The summed E-state index contributed by atoms with van der Waals surface area (Å²) in [7, 11) is 0. The molecule has 0 saturated carbocycles. The molecule has 2 aliphatic rings. The van der Waals surface area contributed by atoms with Gasteiger partial charge in [-0.05, 0) is 83.3 Å². The number of rotatable bonds is 0. The van der Waals surface area contributed by atoms with E-state index in [0.717, 1.165) is 4.47 Å². The molecule has 0 saturated heterocycles. The Kier molecular flexibility index (Phi) is 4.85. The molecule has 2 aliphatic carbocycles. The second-order valence-electron chi connectivity index (χ2n) is 13.1. The molecule has 38 heavy (non-hydrogen) atoms. The summed E-state index contributed by atoms with van der Waals surface area (Å²) in [5.41, 5.74) is 13.5. The van der Waals surface area contributed by atoms with E-state index < -0.39 is 0 Å². The third-order valence-corrected chi connectivity index (χ3v) is 9.57. The van der Waals surface area contributed by atoms with E-state index in [1.165, 1.54) is 66.4 Å². The second-order valence-corrected chi connectivity index (χ2v) is 14.0. The van der Waals surface area contributed by atoms with Crippen LogP contribution >= 0.6 is 15.9 Å². The quantitative estimate of drug-likeness (QED) is 0.174. The fraction of sp³-hybridized carbons (Fsp3) is 0.243. The molecule has 0 heterocycles. The van der Waals surface area contributed by atoms with Gasteiger partial charge in [0, 0.05) is 4.47 Å². The molecule has 0 atom stereocenters. The van der Waals surface area contributed by atoms with Crippen molar-refractivity contribution in [3.63, 3.8) is 0 Å². The third kappa shape index (κ3) is 3.03. The number of benzene rings is 5. The molecule has 1 spiro atoms. The smallest absolute Gasteiger partial charge is 0.0619 e. The standard InChI is InChI=1S/C37H33Br/c1-35(2,3)22-14-16-25-26-17-15-23(36(4,5)6)21-32(26)37(31(25)20-22)29-12-8-7-10-24(29)27-18-19-33(38)28-11-9-13-30(37)34(27)28/h7-21H,1-6H3. The normalized spacial score (nSPS) is 14.9. The highest BCUT2D eigenvalue weighted by molar-refractivity contribution is 9.10. The molecule has 0 N–H and O–H groups in total. The first-order chi connectivity index (χ1) is 18.0. The van der Waals surface area contributed by atoms with Gasteiger partial charge < -0.3 is 0 Å². The van der Waals surface area contributed by atoms with Gasteiger partial charge in [-0.1, -0.05) is 142 Å². The van der Waals surface area contributed by atoms with Gasteiger partial charge in [-0.3, -0.25) is 0 Å². The van der Waals surface area contributed by atoms with Crippen LogP contribution in [0.25, 0.3) is 33.0 Å². The van der Waals surface area contributed by atoms with E-state index >= 15 is 0 Å². The zero-order valence-electron chi connectivity index (χ0n) is 23.0. The molecular formula is C37H33Br. The minimum atomic E-state index is -0.378. The average molecular weight is 558 g/mol. The largest absolute Gasteiger partial charge is 0.0725 e. The summed E-state index contributed by atoms with van der Waals surface area (Å²) < 4.78 is 1.15. The number of fused-ring (bicyclic) bond motifs is 9. The summed E-state index contributed by atoms with van der Waals surface area (Å²) in [4.78, 5) is 0. The fourth-order valence-corrected chi connectivity index (χ4v) is 7.40. The molecule has 7 rings (SSSR count).